The standard InChI is InChI=1S/C12H15N9/c1-8(2)9-3-5-21(19-9)12-16-10(18-13)15-11(17-12)20-6-4-14-7-20/h3-8H,13H2,1-2H3,(H,15,16,17,18). The molecule has 0 spiro atoms. The zero-order valence-electron chi connectivity index (χ0n) is 11.7. The molecule has 0 aliphatic carbocycles. The molecule has 3 aromatic heterocycles. The highest BCUT2D eigenvalue weighted by Gasteiger charge is 2.11. The molecule has 0 radical (unpaired) electrons. The predicted octanol–water partition coefficient (Wildman–Crippen LogP) is 0.652. The first-order valence-corrected chi connectivity index (χ1v) is 6.44. The monoisotopic (exact) mass is 285 g/mol. The molecule has 0 unspecified atom stereocenters. The Hall–Kier alpha value is -2.81. The number of nitrogens with one attached hydrogen (secondary N) is 1. The van der Waals surface area contributed by atoms with Crippen LogP contribution in [-0.4, -0.2) is 34.3 Å². The second-order valence-corrected chi connectivity index (χ2v) is 4.71. The number of nitrogen functional groups attached to an aromatic ring is 1. The lowest BCUT2D eigenvalue weighted by molar-refractivity contribution is 0.730. The quantitative estimate of drug-likeness (QED) is 0.534. The number of hydrogen-bond acceptors (Lipinski definition) is 7. The molecule has 0 fully saturated rings. The van der Waals surface area contributed by atoms with Crippen molar-refractivity contribution in [1.82, 2.24) is 34.3 Å². The van der Waals surface area contributed by atoms with E-state index in [1.807, 2.05) is 12.3 Å². The minimum absolute atomic E-state index is 0.255. The van der Waals surface area contributed by atoms with Crippen molar-refractivity contribution < 1.29 is 0 Å². The Morgan fingerprint density at radius 1 is 1.14 bits per heavy atom. The van der Waals surface area contributed by atoms with Gasteiger partial charge in [0.1, 0.15) is 6.33 Å². The van der Waals surface area contributed by atoms with E-state index in [9.17, 15) is 0 Å². The van der Waals surface area contributed by atoms with Gasteiger partial charge in [0, 0.05) is 18.6 Å². The van der Waals surface area contributed by atoms with Crippen LogP contribution < -0.4 is 11.3 Å². The summed E-state index contributed by atoms with van der Waals surface area (Å²) in [5.41, 5.74) is 3.39. The Balaban J connectivity index is 2.07. The van der Waals surface area contributed by atoms with E-state index >= 15 is 0 Å². The number of rotatable bonds is 4. The molecule has 108 valence electrons. The zero-order chi connectivity index (χ0) is 14.8. The lowest BCUT2D eigenvalue weighted by Crippen LogP contribution is -2.16. The van der Waals surface area contributed by atoms with Gasteiger partial charge in [-0.05, 0) is 12.0 Å². The number of imidazole rings is 1. The van der Waals surface area contributed by atoms with E-state index in [2.05, 4.69) is 44.3 Å². The summed E-state index contributed by atoms with van der Waals surface area (Å²) in [6, 6.07) is 1.93. The third-order valence-electron chi connectivity index (χ3n) is 2.88. The van der Waals surface area contributed by atoms with Crippen LogP contribution in [0.2, 0.25) is 0 Å². The summed E-state index contributed by atoms with van der Waals surface area (Å²) < 4.78 is 3.26. The van der Waals surface area contributed by atoms with E-state index in [-0.39, 0.29) is 5.95 Å². The predicted molar refractivity (Wildman–Crippen MR) is 76.0 cm³/mol. The molecule has 0 saturated heterocycles. The third-order valence-corrected chi connectivity index (χ3v) is 2.88. The number of nitrogens with two attached hydrogens (primary N) is 1. The van der Waals surface area contributed by atoms with Crippen molar-refractivity contribution in [3.8, 4) is 11.9 Å². The van der Waals surface area contributed by atoms with Crippen molar-refractivity contribution in [1.29, 1.82) is 0 Å². The van der Waals surface area contributed by atoms with Gasteiger partial charge in [-0.3, -0.25) is 9.99 Å². The minimum atomic E-state index is 0.255. The van der Waals surface area contributed by atoms with Crippen LogP contribution in [0, 0.1) is 0 Å². The summed E-state index contributed by atoms with van der Waals surface area (Å²) in [6.45, 7) is 4.15. The molecular weight excluding hydrogens is 270 g/mol. The fourth-order valence-corrected chi connectivity index (χ4v) is 1.77. The molecule has 21 heavy (non-hydrogen) atoms. The Bertz CT molecular complexity index is 729. The lowest BCUT2D eigenvalue weighted by atomic mass is 10.1. The normalized spacial score (nSPS) is 11.0. The van der Waals surface area contributed by atoms with Crippen LogP contribution in [0.15, 0.2) is 31.0 Å². The van der Waals surface area contributed by atoms with Crippen molar-refractivity contribution in [2.24, 2.45) is 5.84 Å². The average Bonchev–Trinajstić information content (AvgIpc) is 3.18. The number of aromatic nitrogens is 7. The van der Waals surface area contributed by atoms with Crippen LogP contribution in [0.5, 0.6) is 0 Å². The van der Waals surface area contributed by atoms with Crippen molar-refractivity contribution in [3.05, 3.63) is 36.7 Å². The van der Waals surface area contributed by atoms with Gasteiger partial charge in [0.25, 0.3) is 5.95 Å². The number of hydrogen-bond donors (Lipinski definition) is 2. The van der Waals surface area contributed by atoms with Gasteiger partial charge in [0.2, 0.25) is 11.9 Å². The zero-order valence-corrected chi connectivity index (χ0v) is 11.7. The molecule has 0 aromatic carbocycles. The second-order valence-electron chi connectivity index (χ2n) is 4.71. The van der Waals surface area contributed by atoms with Crippen molar-refractivity contribution >= 4 is 5.95 Å². The maximum absolute atomic E-state index is 5.42. The summed E-state index contributed by atoms with van der Waals surface area (Å²) in [5, 5.41) is 4.45. The van der Waals surface area contributed by atoms with E-state index in [4.69, 9.17) is 5.84 Å². The molecule has 0 amide bonds. The Labute approximate surface area is 120 Å². The minimum Gasteiger partial charge on any atom is -0.292 e. The maximum Gasteiger partial charge on any atom is 0.257 e. The Morgan fingerprint density at radius 3 is 2.57 bits per heavy atom. The number of anilines is 1. The summed E-state index contributed by atoms with van der Waals surface area (Å²) in [6.07, 6.45) is 6.79. The van der Waals surface area contributed by atoms with Crippen LogP contribution in [0.1, 0.15) is 25.5 Å². The molecule has 3 aromatic rings. The van der Waals surface area contributed by atoms with E-state index in [0.717, 1.165) is 5.69 Å². The molecule has 9 heteroatoms. The van der Waals surface area contributed by atoms with Gasteiger partial charge < -0.3 is 0 Å². The largest absolute Gasteiger partial charge is 0.292 e. The molecular formula is C12H15N9. The molecule has 0 bridgehead atoms. The first-order chi connectivity index (χ1) is 10.2. The molecule has 3 rings (SSSR count). The Kier molecular flexibility index (Phi) is 3.32. The summed E-state index contributed by atoms with van der Waals surface area (Å²) >= 11 is 0. The highest BCUT2D eigenvalue weighted by atomic mass is 15.4. The highest BCUT2D eigenvalue weighted by molar-refractivity contribution is 5.31. The maximum atomic E-state index is 5.42. The van der Waals surface area contributed by atoms with Gasteiger partial charge in [0.05, 0.1) is 5.69 Å². The van der Waals surface area contributed by atoms with Crippen molar-refractivity contribution in [2.75, 3.05) is 5.43 Å². The summed E-state index contributed by atoms with van der Waals surface area (Å²) in [7, 11) is 0. The van der Waals surface area contributed by atoms with Gasteiger partial charge >= 0.3 is 0 Å². The first-order valence-electron chi connectivity index (χ1n) is 6.44. The van der Waals surface area contributed by atoms with Crippen molar-refractivity contribution in [2.45, 2.75) is 19.8 Å². The second kappa shape index (κ2) is 5.29. The van der Waals surface area contributed by atoms with E-state index in [1.165, 1.54) is 0 Å². The van der Waals surface area contributed by atoms with Crippen LogP contribution in [-0.2, 0) is 0 Å². The topological polar surface area (TPSA) is 112 Å². The molecule has 9 nitrogen and oxygen atoms in total. The molecule has 0 aliphatic heterocycles. The van der Waals surface area contributed by atoms with E-state index in [1.54, 1.807) is 28.0 Å². The van der Waals surface area contributed by atoms with Gasteiger partial charge in [-0.1, -0.05) is 13.8 Å². The molecule has 3 N–H and O–H groups in total. The van der Waals surface area contributed by atoms with Crippen LogP contribution in [0.4, 0.5) is 5.95 Å². The van der Waals surface area contributed by atoms with Crippen LogP contribution >= 0.6 is 0 Å². The van der Waals surface area contributed by atoms with Crippen molar-refractivity contribution in [3.63, 3.8) is 0 Å². The first kappa shape index (κ1) is 13.2. The number of nitrogens with zero attached hydrogens (tertiary/aromatic N) is 7. The summed E-state index contributed by atoms with van der Waals surface area (Å²) in [5.74, 6) is 6.79. The molecule has 0 saturated carbocycles. The van der Waals surface area contributed by atoms with E-state index in [0.29, 0.717) is 17.8 Å². The summed E-state index contributed by atoms with van der Waals surface area (Å²) in [4.78, 5) is 16.7. The third kappa shape index (κ3) is 2.58. The Morgan fingerprint density at radius 2 is 1.95 bits per heavy atom. The average molecular weight is 285 g/mol. The van der Waals surface area contributed by atoms with Crippen LogP contribution in [0.3, 0.4) is 0 Å². The van der Waals surface area contributed by atoms with Gasteiger partial charge in [0.15, 0.2) is 0 Å². The van der Waals surface area contributed by atoms with Gasteiger partial charge in [-0.25, -0.2) is 15.5 Å². The molecule has 0 aliphatic rings. The fraction of sp³-hybridized carbons (Fsp3) is 0.250. The molecule has 0 atom stereocenters. The fourth-order valence-electron chi connectivity index (χ4n) is 1.77. The number of hydrazine groups is 1. The van der Waals surface area contributed by atoms with Gasteiger partial charge in [-0.15, -0.1) is 0 Å². The molecule has 3 heterocycles. The highest BCUT2D eigenvalue weighted by Crippen LogP contribution is 2.13. The van der Waals surface area contributed by atoms with Crippen LogP contribution in [0.25, 0.3) is 11.9 Å². The lowest BCUT2D eigenvalue weighted by Gasteiger charge is -2.06. The van der Waals surface area contributed by atoms with E-state index < -0.39 is 0 Å². The SMILES string of the molecule is CC(C)c1ccn(-c2nc(NN)nc(-n3ccnc3)n2)n1. The van der Waals surface area contributed by atoms with Gasteiger partial charge in [-0.2, -0.15) is 20.1 Å². The smallest absolute Gasteiger partial charge is 0.257 e.